The van der Waals surface area contributed by atoms with Crippen LogP contribution in [0.1, 0.15) is 48.4 Å². The molecule has 0 saturated heterocycles. The number of thiophene rings is 1. The van der Waals surface area contributed by atoms with Crippen LogP contribution < -0.4 is 16.0 Å². The van der Waals surface area contributed by atoms with E-state index in [1.807, 2.05) is 43.5 Å². The Bertz CT molecular complexity index is 743. The van der Waals surface area contributed by atoms with Crippen LogP contribution >= 0.6 is 11.3 Å². The molecule has 126 valence electrons. The number of anilines is 1. The van der Waals surface area contributed by atoms with Gasteiger partial charge in [-0.3, -0.25) is 4.79 Å². The summed E-state index contributed by atoms with van der Waals surface area (Å²) in [6, 6.07) is 9.59. The van der Waals surface area contributed by atoms with E-state index < -0.39 is 0 Å². The Hall–Kier alpha value is -2.34. The Kier molecular flexibility index (Phi) is 4.85. The van der Waals surface area contributed by atoms with E-state index >= 15 is 0 Å². The van der Waals surface area contributed by atoms with Crippen molar-refractivity contribution in [3.8, 4) is 0 Å². The van der Waals surface area contributed by atoms with Crippen LogP contribution in [0.4, 0.5) is 10.5 Å². The molecule has 1 aromatic carbocycles. The standard InChI is InChI=1S/C18H21N3O2S/c1-11(19-18(23)20-12(2)16-4-3-9-24-16)13-5-7-15-14(10-13)6-8-17(22)21-15/h3-5,7,9-12H,6,8H2,1-2H3,(H,21,22)(H2,19,20,23)/t11-,12-/m1/s1. The van der Waals surface area contributed by atoms with Crippen molar-refractivity contribution in [2.45, 2.75) is 38.8 Å². The Balaban J connectivity index is 1.61. The zero-order valence-electron chi connectivity index (χ0n) is 13.8. The lowest BCUT2D eigenvalue weighted by Crippen LogP contribution is -2.38. The van der Waals surface area contributed by atoms with Crippen molar-refractivity contribution in [2.75, 3.05) is 5.32 Å². The van der Waals surface area contributed by atoms with Crippen LogP contribution in [-0.2, 0) is 11.2 Å². The molecule has 1 aliphatic rings. The lowest BCUT2D eigenvalue weighted by atomic mass is 9.98. The zero-order chi connectivity index (χ0) is 17.1. The van der Waals surface area contributed by atoms with Crippen molar-refractivity contribution in [2.24, 2.45) is 0 Å². The molecule has 24 heavy (non-hydrogen) atoms. The van der Waals surface area contributed by atoms with Gasteiger partial charge in [0.2, 0.25) is 5.91 Å². The Morgan fingerprint density at radius 1 is 1.17 bits per heavy atom. The Morgan fingerprint density at radius 3 is 2.71 bits per heavy atom. The Morgan fingerprint density at radius 2 is 1.96 bits per heavy atom. The second-order valence-corrected chi connectivity index (χ2v) is 7.02. The summed E-state index contributed by atoms with van der Waals surface area (Å²) in [6.45, 7) is 3.93. The fourth-order valence-electron chi connectivity index (χ4n) is 2.80. The number of carbonyl (C=O) groups excluding carboxylic acids is 2. The molecule has 2 aromatic rings. The summed E-state index contributed by atoms with van der Waals surface area (Å²) in [4.78, 5) is 24.7. The third-order valence-electron chi connectivity index (χ3n) is 4.19. The maximum absolute atomic E-state index is 12.2. The van der Waals surface area contributed by atoms with E-state index in [-0.39, 0.29) is 24.0 Å². The van der Waals surface area contributed by atoms with E-state index in [0.717, 1.165) is 28.1 Å². The van der Waals surface area contributed by atoms with Crippen molar-refractivity contribution < 1.29 is 9.59 Å². The van der Waals surface area contributed by atoms with Crippen molar-refractivity contribution in [1.82, 2.24) is 10.6 Å². The SMILES string of the molecule is C[C@@H](NC(=O)N[C@H](C)c1cccs1)c1ccc2c(c1)CCC(=O)N2. The third kappa shape index (κ3) is 3.76. The first-order valence-electron chi connectivity index (χ1n) is 8.06. The molecule has 3 amide bonds. The smallest absolute Gasteiger partial charge is 0.315 e. The van der Waals surface area contributed by atoms with Gasteiger partial charge in [0.15, 0.2) is 0 Å². The fraction of sp³-hybridized carbons (Fsp3) is 0.333. The summed E-state index contributed by atoms with van der Waals surface area (Å²) in [6.07, 6.45) is 1.25. The van der Waals surface area contributed by atoms with Crippen LogP contribution in [0.5, 0.6) is 0 Å². The maximum atomic E-state index is 12.2. The third-order valence-corrected chi connectivity index (χ3v) is 5.24. The number of rotatable bonds is 4. The molecule has 0 bridgehead atoms. The summed E-state index contributed by atoms with van der Waals surface area (Å²) in [5.41, 5.74) is 3.02. The van der Waals surface area contributed by atoms with Gasteiger partial charge in [0, 0.05) is 17.0 Å². The van der Waals surface area contributed by atoms with Crippen LogP contribution in [0.2, 0.25) is 0 Å². The molecule has 1 aliphatic heterocycles. The first-order valence-corrected chi connectivity index (χ1v) is 8.94. The molecule has 6 heteroatoms. The normalized spacial score (nSPS) is 15.8. The van der Waals surface area contributed by atoms with E-state index in [2.05, 4.69) is 22.0 Å². The van der Waals surface area contributed by atoms with E-state index in [1.54, 1.807) is 11.3 Å². The predicted octanol–water partition coefficient (Wildman–Crippen LogP) is 3.75. The van der Waals surface area contributed by atoms with Crippen molar-refractivity contribution in [3.63, 3.8) is 0 Å². The number of aryl methyl sites for hydroxylation is 1. The molecule has 0 fully saturated rings. The quantitative estimate of drug-likeness (QED) is 0.791. The average Bonchev–Trinajstić information content (AvgIpc) is 3.08. The Labute approximate surface area is 145 Å². The number of fused-ring (bicyclic) bond motifs is 1. The molecule has 5 nitrogen and oxygen atoms in total. The molecule has 3 rings (SSSR count). The van der Waals surface area contributed by atoms with Crippen molar-refractivity contribution >= 4 is 29.0 Å². The highest BCUT2D eigenvalue weighted by Crippen LogP contribution is 2.26. The van der Waals surface area contributed by atoms with Gasteiger partial charge >= 0.3 is 6.03 Å². The molecular weight excluding hydrogens is 322 g/mol. The summed E-state index contributed by atoms with van der Waals surface area (Å²) in [5, 5.41) is 10.8. The monoisotopic (exact) mass is 343 g/mol. The number of urea groups is 1. The number of nitrogens with one attached hydrogen (secondary N) is 3. The molecule has 0 unspecified atom stereocenters. The maximum Gasteiger partial charge on any atom is 0.315 e. The van der Waals surface area contributed by atoms with Gasteiger partial charge in [0.05, 0.1) is 12.1 Å². The van der Waals surface area contributed by atoms with Crippen molar-refractivity contribution in [1.29, 1.82) is 0 Å². The largest absolute Gasteiger partial charge is 0.332 e. The number of amides is 3. The van der Waals surface area contributed by atoms with Gasteiger partial charge in [-0.2, -0.15) is 0 Å². The van der Waals surface area contributed by atoms with Gasteiger partial charge < -0.3 is 16.0 Å². The minimum Gasteiger partial charge on any atom is -0.332 e. The minimum atomic E-state index is -0.186. The van der Waals surface area contributed by atoms with Gasteiger partial charge in [-0.25, -0.2) is 4.79 Å². The molecule has 3 N–H and O–H groups in total. The van der Waals surface area contributed by atoms with Gasteiger partial charge in [0.1, 0.15) is 0 Å². The molecule has 0 saturated carbocycles. The van der Waals surface area contributed by atoms with E-state index in [4.69, 9.17) is 0 Å². The molecule has 1 aromatic heterocycles. The molecular formula is C18H21N3O2S. The second-order valence-electron chi connectivity index (χ2n) is 6.04. The van der Waals surface area contributed by atoms with Crippen LogP contribution in [0.15, 0.2) is 35.7 Å². The van der Waals surface area contributed by atoms with Crippen LogP contribution in [0.25, 0.3) is 0 Å². The summed E-state index contributed by atoms with van der Waals surface area (Å²) in [5.74, 6) is 0.0587. The predicted molar refractivity (Wildman–Crippen MR) is 96.2 cm³/mol. The van der Waals surface area contributed by atoms with Gasteiger partial charge in [-0.05, 0) is 48.9 Å². The molecule has 0 spiro atoms. The van der Waals surface area contributed by atoms with Crippen LogP contribution in [0, 0.1) is 0 Å². The molecule has 2 heterocycles. The van der Waals surface area contributed by atoms with Gasteiger partial charge in [0.25, 0.3) is 0 Å². The minimum absolute atomic E-state index is 0.0176. The van der Waals surface area contributed by atoms with Crippen molar-refractivity contribution in [3.05, 3.63) is 51.7 Å². The molecule has 2 atom stereocenters. The molecule has 0 aliphatic carbocycles. The second kappa shape index (κ2) is 7.05. The number of carbonyl (C=O) groups is 2. The fourth-order valence-corrected chi connectivity index (χ4v) is 3.53. The highest BCUT2D eigenvalue weighted by molar-refractivity contribution is 7.10. The molecule has 0 radical (unpaired) electrons. The van der Waals surface area contributed by atoms with E-state index in [1.165, 1.54) is 0 Å². The summed E-state index contributed by atoms with van der Waals surface area (Å²) < 4.78 is 0. The average molecular weight is 343 g/mol. The topological polar surface area (TPSA) is 70.2 Å². The lowest BCUT2D eigenvalue weighted by Gasteiger charge is -2.21. The number of benzene rings is 1. The number of hydrogen-bond donors (Lipinski definition) is 3. The van der Waals surface area contributed by atoms with Gasteiger partial charge in [-0.15, -0.1) is 11.3 Å². The summed E-state index contributed by atoms with van der Waals surface area (Å²) >= 11 is 1.63. The highest BCUT2D eigenvalue weighted by atomic mass is 32.1. The van der Waals surface area contributed by atoms with E-state index in [0.29, 0.717) is 6.42 Å². The zero-order valence-corrected chi connectivity index (χ0v) is 14.6. The lowest BCUT2D eigenvalue weighted by molar-refractivity contribution is -0.116. The highest BCUT2D eigenvalue weighted by Gasteiger charge is 2.18. The van der Waals surface area contributed by atoms with E-state index in [9.17, 15) is 9.59 Å². The van der Waals surface area contributed by atoms with Crippen LogP contribution in [-0.4, -0.2) is 11.9 Å². The summed E-state index contributed by atoms with van der Waals surface area (Å²) in [7, 11) is 0. The first kappa shape index (κ1) is 16.5. The number of hydrogen-bond acceptors (Lipinski definition) is 3. The first-order chi connectivity index (χ1) is 11.5. The van der Waals surface area contributed by atoms with Crippen LogP contribution in [0.3, 0.4) is 0 Å². The van der Waals surface area contributed by atoms with Gasteiger partial charge in [-0.1, -0.05) is 18.2 Å².